The van der Waals surface area contributed by atoms with Gasteiger partial charge in [0.1, 0.15) is 16.1 Å². The van der Waals surface area contributed by atoms with E-state index in [1.165, 1.54) is 11.8 Å². The smallest absolute Gasteiger partial charge is 0.125 e. The summed E-state index contributed by atoms with van der Waals surface area (Å²) in [6, 6.07) is 16.5. The molecule has 0 atom stereocenters. The zero-order chi connectivity index (χ0) is 30.8. The molecule has 41 heavy (non-hydrogen) atoms. The first-order valence-electron chi connectivity index (χ1n) is 15.2. The lowest BCUT2D eigenvalue weighted by Crippen LogP contribution is -2.43. The summed E-state index contributed by atoms with van der Waals surface area (Å²) in [4.78, 5) is 0. The van der Waals surface area contributed by atoms with E-state index in [1.807, 2.05) is 12.1 Å². The van der Waals surface area contributed by atoms with E-state index in [2.05, 4.69) is 165 Å². The average molecular weight is 595 g/mol. The molecule has 0 amide bonds. The first kappa shape index (κ1) is 34.7. The Hall–Kier alpha value is -2.54. The summed E-state index contributed by atoms with van der Waals surface area (Å²) in [5, 5.41) is 6.41. The van der Waals surface area contributed by atoms with E-state index in [-0.39, 0.29) is 0 Å². The largest absolute Gasteiger partial charge is 0.146 e. The fourth-order valence-electron chi connectivity index (χ4n) is 6.81. The van der Waals surface area contributed by atoms with Crippen LogP contribution in [0.5, 0.6) is 0 Å². The monoisotopic (exact) mass is 594 g/mol. The third kappa shape index (κ3) is 8.27. The SMILES string of the molecule is CC(C)[Si](C#Cc1ccccc1C#CSC#Cc1ccccc1C#C[Si](C(C)C)(C(C)C)C(C)C)(C(C)C)C(C)C. The molecule has 0 unspecified atom stereocenters. The van der Waals surface area contributed by atoms with Crippen LogP contribution in [0, 0.1) is 45.3 Å². The lowest BCUT2D eigenvalue weighted by molar-refractivity contribution is 0.838. The van der Waals surface area contributed by atoms with Crippen LogP contribution in [0.4, 0.5) is 0 Å². The van der Waals surface area contributed by atoms with E-state index in [0.29, 0.717) is 33.2 Å². The van der Waals surface area contributed by atoms with Crippen molar-refractivity contribution in [3.05, 3.63) is 70.8 Å². The minimum absolute atomic E-state index is 0.603. The molecule has 0 saturated carbocycles. The van der Waals surface area contributed by atoms with E-state index in [9.17, 15) is 0 Å². The van der Waals surface area contributed by atoms with Gasteiger partial charge in [-0.2, -0.15) is 0 Å². The minimum atomic E-state index is -1.80. The molecule has 0 heterocycles. The van der Waals surface area contributed by atoms with E-state index in [0.717, 1.165) is 22.3 Å². The van der Waals surface area contributed by atoms with Crippen LogP contribution in [-0.2, 0) is 0 Å². The van der Waals surface area contributed by atoms with Gasteiger partial charge in [0.2, 0.25) is 0 Å². The second-order valence-electron chi connectivity index (χ2n) is 12.9. The summed E-state index contributed by atoms with van der Waals surface area (Å²) in [6.45, 7) is 28.2. The number of hydrogen-bond donors (Lipinski definition) is 0. The molecule has 0 radical (unpaired) electrons. The highest BCUT2D eigenvalue weighted by molar-refractivity contribution is 8.08. The van der Waals surface area contributed by atoms with Gasteiger partial charge in [0.25, 0.3) is 0 Å². The molecule has 0 aliphatic carbocycles. The molecule has 0 bridgehead atoms. The first-order valence-corrected chi connectivity index (χ1v) is 20.5. The molecular weight excluding hydrogens is 545 g/mol. The average Bonchev–Trinajstić information content (AvgIpc) is 2.89. The second kappa shape index (κ2) is 15.6. The van der Waals surface area contributed by atoms with Crippen molar-refractivity contribution in [1.82, 2.24) is 0 Å². The third-order valence-corrected chi connectivity index (χ3v) is 21.9. The predicted octanol–water partition coefficient (Wildman–Crippen LogP) is 10.9. The summed E-state index contributed by atoms with van der Waals surface area (Å²) >= 11 is 1.34. The van der Waals surface area contributed by atoms with Crippen LogP contribution in [0.3, 0.4) is 0 Å². The number of rotatable bonds is 6. The second-order valence-corrected chi connectivity index (χ2v) is 24.7. The van der Waals surface area contributed by atoms with Crippen molar-refractivity contribution in [2.75, 3.05) is 0 Å². The number of thioether (sulfide) groups is 1. The Morgan fingerprint density at radius 1 is 0.415 bits per heavy atom. The van der Waals surface area contributed by atoms with Crippen LogP contribution in [-0.4, -0.2) is 16.1 Å². The van der Waals surface area contributed by atoms with Gasteiger partial charge >= 0.3 is 0 Å². The van der Waals surface area contributed by atoms with Gasteiger partial charge in [-0.1, -0.05) is 131 Å². The molecule has 0 nitrogen and oxygen atoms in total. The first-order chi connectivity index (χ1) is 19.3. The van der Waals surface area contributed by atoms with Gasteiger partial charge in [-0.15, -0.1) is 11.1 Å². The fourth-order valence-corrected chi connectivity index (χ4v) is 17.6. The Labute approximate surface area is 259 Å². The van der Waals surface area contributed by atoms with Crippen LogP contribution in [0.15, 0.2) is 48.5 Å². The van der Waals surface area contributed by atoms with Crippen molar-refractivity contribution in [2.24, 2.45) is 0 Å². The van der Waals surface area contributed by atoms with Gasteiger partial charge in [-0.05, 0) is 68.0 Å². The molecule has 0 aromatic heterocycles. The van der Waals surface area contributed by atoms with Crippen LogP contribution in [0.2, 0.25) is 33.2 Å². The van der Waals surface area contributed by atoms with Crippen molar-refractivity contribution >= 4 is 27.9 Å². The highest BCUT2D eigenvalue weighted by Crippen LogP contribution is 2.41. The van der Waals surface area contributed by atoms with Crippen molar-refractivity contribution in [1.29, 1.82) is 0 Å². The quantitative estimate of drug-likeness (QED) is 0.237. The lowest BCUT2D eigenvalue weighted by atomic mass is 10.1. The summed E-state index contributed by atoms with van der Waals surface area (Å²) < 4.78 is 0. The van der Waals surface area contributed by atoms with Crippen molar-refractivity contribution in [3.63, 3.8) is 0 Å². The maximum absolute atomic E-state index is 3.84. The standard InChI is InChI=1S/C38H50SSi2/c1-29(2)40(30(3)4,31(5)6)27-23-37-19-15-13-17-35(37)21-25-39-26-22-36-18-14-16-20-38(36)24-28-41(32(7)8,33(9)10)34(11)12/h13-20,29-34H,1-12H3. The van der Waals surface area contributed by atoms with E-state index in [4.69, 9.17) is 0 Å². The third-order valence-electron chi connectivity index (χ3n) is 8.89. The topological polar surface area (TPSA) is 0 Å². The molecular formula is C38H50SSi2. The van der Waals surface area contributed by atoms with Crippen LogP contribution >= 0.6 is 11.8 Å². The molecule has 0 saturated heterocycles. The van der Waals surface area contributed by atoms with Crippen molar-refractivity contribution in [3.8, 4) is 45.3 Å². The lowest BCUT2D eigenvalue weighted by Gasteiger charge is -2.38. The van der Waals surface area contributed by atoms with Crippen LogP contribution in [0.25, 0.3) is 0 Å². The zero-order valence-electron chi connectivity index (χ0n) is 27.5. The molecule has 2 aromatic carbocycles. The maximum Gasteiger partial charge on any atom is 0.146 e. The molecule has 0 aliphatic heterocycles. The van der Waals surface area contributed by atoms with Gasteiger partial charge in [0.15, 0.2) is 0 Å². The highest BCUT2D eigenvalue weighted by Gasteiger charge is 2.42. The molecule has 3 heteroatoms. The predicted molar refractivity (Wildman–Crippen MR) is 190 cm³/mol. The normalized spacial score (nSPS) is 11.6. The van der Waals surface area contributed by atoms with Crippen molar-refractivity contribution < 1.29 is 0 Å². The molecule has 0 aliphatic rings. The molecule has 0 N–H and O–H groups in total. The number of hydrogen-bond acceptors (Lipinski definition) is 1. The summed E-state index contributed by atoms with van der Waals surface area (Å²) in [6.07, 6.45) is 0. The Kier molecular flexibility index (Phi) is 13.2. The molecule has 2 aromatic rings. The van der Waals surface area contributed by atoms with Gasteiger partial charge in [0, 0.05) is 34.0 Å². The number of benzene rings is 2. The van der Waals surface area contributed by atoms with Gasteiger partial charge < -0.3 is 0 Å². The van der Waals surface area contributed by atoms with E-state index in [1.54, 1.807) is 0 Å². The minimum Gasteiger partial charge on any atom is -0.125 e. The van der Waals surface area contributed by atoms with Gasteiger partial charge in [0.05, 0.1) is 0 Å². The summed E-state index contributed by atoms with van der Waals surface area (Å²) in [5.41, 5.74) is 15.3. The van der Waals surface area contributed by atoms with E-state index < -0.39 is 16.1 Å². The fraction of sp³-hybridized carbons (Fsp3) is 0.474. The Bertz CT molecular complexity index is 1260. The Morgan fingerprint density at radius 3 is 0.902 bits per heavy atom. The Balaban J connectivity index is 2.36. The molecule has 0 spiro atoms. The molecule has 0 fully saturated rings. The van der Waals surface area contributed by atoms with Gasteiger partial charge in [-0.3, -0.25) is 0 Å². The summed E-state index contributed by atoms with van der Waals surface area (Å²) in [5.74, 6) is 13.8. The molecule has 216 valence electrons. The van der Waals surface area contributed by atoms with E-state index >= 15 is 0 Å². The highest BCUT2D eigenvalue weighted by atomic mass is 32.2. The van der Waals surface area contributed by atoms with Crippen LogP contribution in [0.1, 0.15) is 105 Å². The summed E-state index contributed by atoms with van der Waals surface area (Å²) in [7, 11) is -3.61. The molecule has 2 rings (SSSR count). The Morgan fingerprint density at radius 2 is 0.659 bits per heavy atom. The van der Waals surface area contributed by atoms with Crippen LogP contribution < -0.4 is 0 Å². The zero-order valence-corrected chi connectivity index (χ0v) is 30.3. The maximum atomic E-state index is 3.84. The van der Waals surface area contributed by atoms with Crippen molar-refractivity contribution in [2.45, 2.75) is 116 Å². The van der Waals surface area contributed by atoms with Gasteiger partial charge in [-0.25, -0.2) is 0 Å².